The van der Waals surface area contributed by atoms with Crippen molar-refractivity contribution < 1.29 is 9.53 Å². The van der Waals surface area contributed by atoms with Gasteiger partial charge in [-0.25, -0.2) is 14.6 Å². The standard InChI is InChI=1S/C12H11N3O3/c1-18-11(16)8-4-2-3-5-9(8)14-10-6-7-13-12(17)15-10/h2-7H,1H3,(H2,13,14,15,17). The van der Waals surface area contributed by atoms with Gasteiger partial charge in [0.05, 0.1) is 18.4 Å². The van der Waals surface area contributed by atoms with Crippen molar-refractivity contribution in [3.8, 4) is 0 Å². The fourth-order valence-electron chi connectivity index (χ4n) is 1.47. The Kier molecular flexibility index (Phi) is 3.38. The number of carbonyl (C=O) groups is 1. The SMILES string of the molecule is COC(=O)c1ccccc1Nc1ccnc(=O)[nH]1. The lowest BCUT2D eigenvalue weighted by Crippen LogP contribution is -2.12. The molecule has 2 N–H and O–H groups in total. The highest BCUT2D eigenvalue weighted by Crippen LogP contribution is 2.19. The molecular formula is C12H11N3O3. The van der Waals surface area contributed by atoms with Crippen LogP contribution in [0.4, 0.5) is 11.5 Å². The molecule has 0 radical (unpaired) electrons. The molecule has 0 amide bonds. The van der Waals surface area contributed by atoms with Crippen LogP contribution in [-0.4, -0.2) is 23.0 Å². The third-order valence-electron chi connectivity index (χ3n) is 2.28. The molecule has 1 aromatic carbocycles. The van der Waals surface area contributed by atoms with Crippen molar-refractivity contribution in [2.24, 2.45) is 0 Å². The summed E-state index contributed by atoms with van der Waals surface area (Å²) in [6.07, 6.45) is 1.38. The molecule has 0 aliphatic carbocycles. The number of nitrogens with zero attached hydrogens (tertiary/aromatic N) is 1. The molecule has 6 nitrogen and oxygen atoms in total. The average Bonchev–Trinajstić information content (AvgIpc) is 2.38. The third-order valence-corrected chi connectivity index (χ3v) is 2.28. The zero-order valence-electron chi connectivity index (χ0n) is 9.64. The Morgan fingerprint density at radius 2 is 2.11 bits per heavy atom. The van der Waals surface area contributed by atoms with Crippen molar-refractivity contribution in [1.82, 2.24) is 9.97 Å². The second-order valence-electron chi connectivity index (χ2n) is 3.45. The molecule has 1 aromatic heterocycles. The van der Waals surface area contributed by atoms with Crippen molar-refractivity contribution >= 4 is 17.5 Å². The Bertz CT molecular complexity index is 622. The molecule has 0 aliphatic rings. The van der Waals surface area contributed by atoms with Gasteiger partial charge in [-0.1, -0.05) is 12.1 Å². The maximum Gasteiger partial charge on any atom is 0.346 e. The molecule has 0 atom stereocenters. The lowest BCUT2D eigenvalue weighted by molar-refractivity contribution is 0.0602. The van der Waals surface area contributed by atoms with Crippen LogP contribution in [0.3, 0.4) is 0 Å². The predicted molar refractivity (Wildman–Crippen MR) is 65.9 cm³/mol. The fraction of sp³-hybridized carbons (Fsp3) is 0.0833. The van der Waals surface area contributed by atoms with Gasteiger partial charge >= 0.3 is 11.7 Å². The highest BCUT2D eigenvalue weighted by atomic mass is 16.5. The number of para-hydroxylation sites is 1. The third kappa shape index (κ3) is 2.54. The van der Waals surface area contributed by atoms with Crippen LogP contribution >= 0.6 is 0 Å². The summed E-state index contributed by atoms with van der Waals surface area (Å²) in [4.78, 5) is 28.6. The number of hydrogen-bond donors (Lipinski definition) is 2. The van der Waals surface area contributed by atoms with Crippen LogP contribution in [-0.2, 0) is 4.74 Å². The van der Waals surface area contributed by atoms with Gasteiger partial charge in [-0.15, -0.1) is 0 Å². The molecule has 0 unspecified atom stereocenters. The van der Waals surface area contributed by atoms with Crippen molar-refractivity contribution in [3.05, 3.63) is 52.6 Å². The molecule has 0 spiro atoms. The quantitative estimate of drug-likeness (QED) is 0.796. The normalized spacial score (nSPS) is 9.83. The van der Waals surface area contributed by atoms with E-state index in [0.29, 0.717) is 17.1 Å². The molecule has 1 heterocycles. The number of hydrogen-bond acceptors (Lipinski definition) is 5. The molecule has 18 heavy (non-hydrogen) atoms. The molecule has 92 valence electrons. The summed E-state index contributed by atoms with van der Waals surface area (Å²) in [5.41, 5.74) is 0.472. The summed E-state index contributed by atoms with van der Waals surface area (Å²) in [7, 11) is 1.31. The maximum atomic E-state index is 11.5. The van der Waals surface area contributed by atoms with Gasteiger partial charge in [-0.3, -0.25) is 4.98 Å². The molecule has 0 saturated heterocycles. The molecule has 2 rings (SSSR count). The Labute approximate surface area is 103 Å². The van der Waals surface area contributed by atoms with Crippen LogP contribution in [0.25, 0.3) is 0 Å². The molecule has 0 aliphatic heterocycles. The summed E-state index contributed by atoms with van der Waals surface area (Å²) >= 11 is 0. The first-order chi connectivity index (χ1) is 8.70. The predicted octanol–water partition coefficient (Wildman–Crippen LogP) is 1.30. The number of ether oxygens (including phenoxy) is 1. The summed E-state index contributed by atoms with van der Waals surface area (Å²) in [5.74, 6) is 0.000793. The minimum atomic E-state index is -0.462. The van der Waals surface area contributed by atoms with Crippen LogP contribution in [0.15, 0.2) is 41.3 Å². The number of carbonyl (C=O) groups excluding carboxylic acids is 1. The lowest BCUT2D eigenvalue weighted by Gasteiger charge is -2.09. The van der Waals surface area contributed by atoms with E-state index in [1.807, 2.05) is 0 Å². The first-order valence-corrected chi connectivity index (χ1v) is 5.20. The number of anilines is 2. The number of benzene rings is 1. The largest absolute Gasteiger partial charge is 0.465 e. The molecule has 0 fully saturated rings. The van der Waals surface area contributed by atoms with Gasteiger partial charge < -0.3 is 10.1 Å². The van der Waals surface area contributed by atoms with E-state index in [9.17, 15) is 9.59 Å². The lowest BCUT2D eigenvalue weighted by atomic mass is 10.2. The monoisotopic (exact) mass is 245 g/mol. The van der Waals surface area contributed by atoms with Crippen molar-refractivity contribution in [1.29, 1.82) is 0 Å². The van der Waals surface area contributed by atoms with E-state index in [2.05, 4.69) is 20.0 Å². The van der Waals surface area contributed by atoms with Crippen molar-refractivity contribution in [3.63, 3.8) is 0 Å². The first-order valence-electron chi connectivity index (χ1n) is 5.20. The molecule has 6 heteroatoms. The van der Waals surface area contributed by atoms with Gasteiger partial charge in [-0.05, 0) is 18.2 Å². The minimum absolute atomic E-state index is 0.387. The summed E-state index contributed by atoms with van der Waals surface area (Å²) in [6, 6.07) is 8.44. The van der Waals surface area contributed by atoms with Crippen molar-refractivity contribution in [2.45, 2.75) is 0 Å². The van der Waals surface area contributed by atoms with Crippen LogP contribution in [0.5, 0.6) is 0 Å². The van der Waals surface area contributed by atoms with Crippen LogP contribution in [0.1, 0.15) is 10.4 Å². The number of aromatic amines is 1. The number of esters is 1. The zero-order valence-corrected chi connectivity index (χ0v) is 9.64. The topological polar surface area (TPSA) is 84.1 Å². The fourth-order valence-corrected chi connectivity index (χ4v) is 1.47. The highest BCUT2D eigenvalue weighted by molar-refractivity contribution is 5.96. The van der Waals surface area contributed by atoms with Gasteiger partial charge in [0, 0.05) is 6.20 Å². The van der Waals surface area contributed by atoms with E-state index in [1.165, 1.54) is 13.3 Å². The van der Waals surface area contributed by atoms with Crippen LogP contribution < -0.4 is 11.0 Å². The number of H-pyrrole nitrogens is 1. The molecule has 2 aromatic rings. The Balaban J connectivity index is 2.34. The van der Waals surface area contributed by atoms with E-state index < -0.39 is 11.7 Å². The number of nitrogens with one attached hydrogen (secondary N) is 2. The molecule has 0 saturated carbocycles. The second kappa shape index (κ2) is 5.13. The Morgan fingerprint density at radius 3 is 2.83 bits per heavy atom. The van der Waals surface area contributed by atoms with Gasteiger partial charge in [0.1, 0.15) is 5.82 Å². The van der Waals surface area contributed by atoms with E-state index >= 15 is 0 Å². The number of methoxy groups -OCH3 is 1. The van der Waals surface area contributed by atoms with Gasteiger partial charge in [-0.2, -0.15) is 0 Å². The second-order valence-corrected chi connectivity index (χ2v) is 3.45. The maximum absolute atomic E-state index is 11.5. The van der Waals surface area contributed by atoms with E-state index in [4.69, 9.17) is 0 Å². The Morgan fingerprint density at radius 1 is 1.33 bits per heavy atom. The smallest absolute Gasteiger partial charge is 0.346 e. The van der Waals surface area contributed by atoms with Crippen LogP contribution in [0, 0.1) is 0 Å². The first kappa shape index (κ1) is 11.8. The highest BCUT2D eigenvalue weighted by Gasteiger charge is 2.10. The zero-order chi connectivity index (χ0) is 13.0. The summed E-state index contributed by atoms with van der Waals surface area (Å²) in [5, 5.41) is 2.93. The van der Waals surface area contributed by atoms with Gasteiger partial charge in [0.15, 0.2) is 0 Å². The van der Waals surface area contributed by atoms with Crippen molar-refractivity contribution in [2.75, 3.05) is 12.4 Å². The summed E-state index contributed by atoms with van der Waals surface area (Å²) < 4.78 is 4.68. The van der Waals surface area contributed by atoms with E-state index in [-0.39, 0.29) is 0 Å². The molecular weight excluding hydrogens is 234 g/mol. The van der Waals surface area contributed by atoms with Gasteiger partial charge in [0.2, 0.25) is 0 Å². The van der Waals surface area contributed by atoms with Gasteiger partial charge in [0.25, 0.3) is 0 Å². The minimum Gasteiger partial charge on any atom is -0.465 e. The number of rotatable bonds is 3. The average molecular weight is 245 g/mol. The van der Waals surface area contributed by atoms with Crippen LogP contribution in [0.2, 0.25) is 0 Å². The molecule has 0 bridgehead atoms. The van der Waals surface area contributed by atoms with E-state index in [0.717, 1.165) is 0 Å². The van der Waals surface area contributed by atoms with E-state index in [1.54, 1.807) is 30.3 Å². The number of aromatic nitrogens is 2. The summed E-state index contributed by atoms with van der Waals surface area (Å²) in [6.45, 7) is 0. The Hall–Kier alpha value is -2.63.